The van der Waals surface area contributed by atoms with Crippen molar-refractivity contribution in [1.29, 1.82) is 0 Å². The highest BCUT2D eigenvalue weighted by Gasteiger charge is 2.09. The number of aldehydes is 1. The number of ether oxygens (including phenoxy) is 1. The van der Waals surface area contributed by atoms with Gasteiger partial charge in [-0.1, -0.05) is 0 Å². The molecule has 0 unspecified atom stereocenters. The van der Waals surface area contributed by atoms with Gasteiger partial charge in [-0.25, -0.2) is 0 Å². The zero-order valence-electron chi connectivity index (χ0n) is 7.15. The van der Waals surface area contributed by atoms with E-state index in [0.29, 0.717) is 12.9 Å². The van der Waals surface area contributed by atoms with E-state index in [4.69, 9.17) is 9.84 Å². The summed E-state index contributed by atoms with van der Waals surface area (Å²) in [6, 6.07) is 2.37. The van der Waals surface area contributed by atoms with E-state index in [1.54, 1.807) is 6.92 Å². The lowest BCUT2D eigenvalue weighted by atomic mass is 10.2. The van der Waals surface area contributed by atoms with Gasteiger partial charge in [-0.05, 0) is 6.92 Å². The molecule has 0 spiro atoms. The van der Waals surface area contributed by atoms with E-state index in [-0.39, 0.29) is 22.8 Å². The van der Waals surface area contributed by atoms with Crippen LogP contribution < -0.4 is 4.74 Å². The summed E-state index contributed by atoms with van der Waals surface area (Å²) < 4.78 is 5.04. The minimum Gasteiger partial charge on any atom is -0.508 e. The SMILES string of the molecule is CCOc1cc(O)cc(O)c1C=O. The van der Waals surface area contributed by atoms with Crippen LogP contribution >= 0.6 is 0 Å². The van der Waals surface area contributed by atoms with Gasteiger partial charge in [0.1, 0.15) is 17.2 Å². The van der Waals surface area contributed by atoms with Crippen molar-refractivity contribution in [3.8, 4) is 17.2 Å². The van der Waals surface area contributed by atoms with Gasteiger partial charge in [0, 0.05) is 12.1 Å². The van der Waals surface area contributed by atoms with Gasteiger partial charge >= 0.3 is 0 Å². The first-order chi connectivity index (χ1) is 6.19. The summed E-state index contributed by atoms with van der Waals surface area (Å²) in [4.78, 5) is 10.5. The minimum absolute atomic E-state index is 0.0552. The molecule has 0 aliphatic rings. The van der Waals surface area contributed by atoms with Crippen LogP contribution in [-0.4, -0.2) is 23.1 Å². The molecule has 0 aliphatic heterocycles. The van der Waals surface area contributed by atoms with Gasteiger partial charge in [0.2, 0.25) is 0 Å². The molecule has 0 atom stereocenters. The summed E-state index contributed by atoms with van der Waals surface area (Å²) >= 11 is 0. The van der Waals surface area contributed by atoms with Crippen LogP contribution in [0.3, 0.4) is 0 Å². The molecule has 70 valence electrons. The molecule has 4 nitrogen and oxygen atoms in total. The quantitative estimate of drug-likeness (QED) is 0.691. The Bertz CT molecular complexity index is 320. The summed E-state index contributed by atoms with van der Waals surface area (Å²) in [6.07, 6.45) is 0.486. The van der Waals surface area contributed by atoms with Crippen LogP contribution in [0.1, 0.15) is 17.3 Å². The van der Waals surface area contributed by atoms with Gasteiger partial charge in [-0.3, -0.25) is 4.79 Å². The number of phenolic OH excluding ortho intramolecular Hbond substituents is 2. The van der Waals surface area contributed by atoms with Crippen molar-refractivity contribution >= 4 is 6.29 Å². The fourth-order valence-electron chi connectivity index (χ4n) is 0.991. The normalized spacial score (nSPS) is 9.62. The molecule has 0 aliphatic carbocycles. The van der Waals surface area contributed by atoms with Crippen molar-refractivity contribution < 1.29 is 19.7 Å². The Hall–Kier alpha value is -1.71. The van der Waals surface area contributed by atoms with Crippen molar-refractivity contribution in [2.75, 3.05) is 6.61 Å². The van der Waals surface area contributed by atoms with E-state index in [2.05, 4.69) is 0 Å². The largest absolute Gasteiger partial charge is 0.508 e. The predicted octanol–water partition coefficient (Wildman–Crippen LogP) is 1.31. The molecule has 0 amide bonds. The first-order valence-electron chi connectivity index (χ1n) is 3.83. The molecule has 13 heavy (non-hydrogen) atoms. The summed E-state index contributed by atoms with van der Waals surface area (Å²) in [6.45, 7) is 2.11. The summed E-state index contributed by atoms with van der Waals surface area (Å²) in [5.41, 5.74) is 0.0552. The number of rotatable bonds is 3. The smallest absolute Gasteiger partial charge is 0.157 e. The molecule has 0 aromatic heterocycles. The van der Waals surface area contributed by atoms with Crippen molar-refractivity contribution in [2.24, 2.45) is 0 Å². The summed E-state index contributed by atoms with van der Waals surface area (Å²) in [5, 5.41) is 18.3. The second-order valence-electron chi connectivity index (χ2n) is 2.43. The Morgan fingerprint density at radius 3 is 2.69 bits per heavy atom. The average molecular weight is 182 g/mol. The maximum atomic E-state index is 10.5. The van der Waals surface area contributed by atoms with Crippen LogP contribution in [0.2, 0.25) is 0 Å². The second-order valence-corrected chi connectivity index (χ2v) is 2.43. The van der Waals surface area contributed by atoms with E-state index >= 15 is 0 Å². The Kier molecular flexibility index (Phi) is 2.74. The molecule has 1 rings (SSSR count). The topological polar surface area (TPSA) is 66.8 Å². The lowest BCUT2D eigenvalue weighted by Gasteiger charge is -2.07. The average Bonchev–Trinajstić information content (AvgIpc) is 2.04. The lowest BCUT2D eigenvalue weighted by molar-refractivity contribution is 0.111. The number of aromatic hydroxyl groups is 2. The zero-order chi connectivity index (χ0) is 9.84. The molecule has 0 fully saturated rings. The van der Waals surface area contributed by atoms with E-state index in [0.717, 1.165) is 6.07 Å². The predicted molar refractivity (Wildman–Crippen MR) is 46.3 cm³/mol. The first-order valence-corrected chi connectivity index (χ1v) is 3.83. The summed E-state index contributed by atoms with van der Waals surface area (Å²) in [5.74, 6) is -0.222. The highest BCUT2D eigenvalue weighted by Crippen LogP contribution is 2.31. The highest BCUT2D eigenvalue weighted by atomic mass is 16.5. The van der Waals surface area contributed by atoms with Crippen molar-refractivity contribution in [3.05, 3.63) is 17.7 Å². The molecule has 0 saturated heterocycles. The number of carbonyl (C=O) groups is 1. The van der Waals surface area contributed by atoms with Crippen LogP contribution in [0.4, 0.5) is 0 Å². The molecular weight excluding hydrogens is 172 g/mol. The monoisotopic (exact) mass is 182 g/mol. The third-order valence-corrected chi connectivity index (χ3v) is 1.52. The number of carbonyl (C=O) groups excluding carboxylic acids is 1. The molecule has 0 saturated carbocycles. The fourth-order valence-corrected chi connectivity index (χ4v) is 0.991. The minimum atomic E-state index is -0.279. The Balaban J connectivity index is 3.20. The molecule has 1 aromatic carbocycles. The van der Waals surface area contributed by atoms with Crippen molar-refractivity contribution in [2.45, 2.75) is 6.92 Å². The lowest BCUT2D eigenvalue weighted by Crippen LogP contribution is -1.95. The van der Waals surface area contributed by atoms with Crippen LogP contribution in [-0.2, 0) is 0 Å². The van der Waals surface area contributed by atoms with Crippen LogP contribution in [0.5, 0.6) is 17.2 Å². The molecule has 4 heteroatoms. The third kappa shape index (κ3) is 1.90. The number of phenols is 2. The highest BCUT2D eigenvalue weighted by molar-refractivity contribution is 5.84. The van der Waals surface area contributed by atoms with E-state index in [1.165, 1.54) is 6.07 Å². The Labute approximate surface area is 75.4 Å². The van der Waals surface area contributed by atoms with Gasteiger partial charge in [0.15, 0.2) is 6.29 Å². The molecule has 0 bridgehead atoms. The maximum absolute atomic E-state index is 10.5. The Morgan fingerprint density at radius 2 is 2.15 bits per heavy atom. The fraction of sp³-hybridized carbons (Fsp3) is 0.222. The van der Waals surface area contributed by atoms with Gasteiger partial charge in [-0.15, -0.1) is 0 Å². The van der Waals surface area contributed by atoms with Gasteiger partial charge < -0.3 is 14.9 Å². The zero-order valence-corrected chi connectivity index (χ0v) is 7.15. The van der Waals surface area contributed by atoms with Crippen molar-refractivity contribution in [3.63, 3.8) is 0 Å². The molecule has 2 N–H and O–H groups in total. The summed E-state index contributed by atoms with van der Waals surface area (Å²) in [7, 11) is 0. The molecule has 0 radical (unpaired) electrons. The Morgan fingerprint density at radius 1 is 1.46 bits per heavy atom. The van der Waals surface area contributed by atoms with E-state index < -0.39 is 0 Å². The molecule has 0 heterocycles. The third-order valence-electron chi connectivity index (χ3n) is 1.52. The van der Waals surface area contributed by atoms with E-state index in [9.17, 15) is 9.90 Å². The first kappa shape index (κ1) is 9.38. The maximum Gasteiger partial charge on any atom is 0.157 e. The number of benzene rings is 1. The van der Waals surface area contributed by atoms with Gasteiger partial charge in [0.25, 0.3) is 0 Å². The van der Waals surface area contributed by atoms with Gasteiger partial charge in [0.05, 0.1) is 12.2 Å². The van der Waals surface area contributed by atoms with E-state index in [1.807, 2.05) is 0 Å². The van der Waals surface area contributed by atoms with Gasteiger partial charge in [-0.2, -0.15) is 0 Å². The van der Waals surface area contributed by atoms with Crippen LogP contribution in [0, 0.1) is 0 Å². The van der Waals surface area contributed by atoms with Crippen molar-refractivity contribution in [1.82, 2.24) is 0 Å². The molecule has 1 aromatic rings. The second kappa shape index (κ2) is 3.80. The standard InChI is InChI=1S/C9H10O4/c1-2-13-9-4-6(11)3-8(12)7(9)5-10/h3-5,11-12H,2H2,1H3. The number of hydrogen-bond acceptors (Lipinski definition) is 4. The van der Waals surface area contributed by atoms with Crippen LogP contribution in [0.15, 0.2) is 12.1 Å². The molecular formula is C9H10O4. The number of hydrogen-bond donors (Lipinski definition) is 2. The van der Waals surface area contributed by atoms with Crippen LogP contribution in [0.25, 0.3) is 0 Å².